The molecular weight excluding hydrogens is 346 g/mol. The molecule has 10 nitrogen and oxygen atoms in total. The first-order valence-electron chi connectivity index (χ1n) is 9.12. The summed E-state index contributed by atoms with van der Waals surface area (Å²) in [5.74, 6) is 0.317. The highest BCUT2D eigenvalue weighted by atomic mass is 16.1. The van der Waals surface area contributed by atoms with E-state index in [-0.39, 0.29) is 0 Å². The van der Waals surface area contributed by atoms with Crippen LogP contribution >= 0.6 is 0 Å². The summed E-state index contributed by atoms with van der Waals surface area (Å²) in [7, 11) is 0. The van der Waals surface area contributed by atoms with Crippen LogP contribution in [0.25, 0.3) is 22.8 Å². The van der Waals surface area contributed by atoms with E-state index in [9.17, 15) is 4.79 Å². The van der Waals surface area contributed by atoms with Crippen molar-refractivity contribution in [3.05, 3.63) is 23.8 Å². The summed E-state index contributed by atoms with van der Waals surface area (Å²) in [5.41, 5.74) is 7.07. The number of benzene rings is 1. The average molecular weight is 369 g/mol. The third-order valence-electron chi connectivity index (χ3n) is 4.11. The first kappa shape index (κ1) is 18.6. The second-order valence-electron chi connectivity index (χ2n) is 6.25. The molecule has 0 atom stereocenters. The number of aromatic nitrogens is 8. The molecule has 2 heterocycles. The molecular formula is C17H23N9O. The van der Waals surface area contributed by atoms with Crippen molar-refractivity contribution in [2.75, 3.05) is 0 Å². The molecule has 0 radical (unpaired) electrons. The first-order valence-corrected chi connectivity index (χ1v) is 9.12. The fraction of sp³-hybridized carbons (Fsp3) is 0.471. The van der Waals surface area contributed by atoms with Gasteiger partial charge >= 0.3 is 0 Å². The van der Waals surface area contributed by atoms with Gasteiger partial charge in [0.2, 0.25) is 17.6 Å². The van der Waals surface area contributed by atoms with Crippen molar-refractivity contribution >= 4 is 5.91 Å². The minimum Gasteiger partial charge on any atom is -0.366 e. The Kier molecular flexibility index (Phi) is 5.84. The zero-order valence-electron chi connectivity index (χ0n) is 15.5. The number of hydrogen-bond donors (Lipinski definition) is 1. The molecule has 2 aromatic heterocycles. The molecule has 0 saturated heterocycles. The number of carbonyl (C=O) groups is 1. The zero-order valence-corrected chi connectivity index (χ0v) is 15.5. The summed E-state index contributed by atoms with van der Waals surface area (Å²) in [6, 6.07) is 5.02. The van der Waals surface area contributed by atoms with Crippen LogP contribution in [-0.2, 0) is 13.1 Å². The normalized spacial score (nSPS) is 11.0. The Hall–Kier alpha value is -3.17. The summed E-state index contributed by atoms with van der Waals surface area (Å²) < 4.78 is 0. The molecule has 0 saturated carbocycles. The maximum absolute atomic E-state index is 11.6. The molecule has 0 aliphatic carbocycles. The van der Waals surface area contributed by atoms with Crippen LogP contribution in [0.4, 0.5) is 0 Å². The van der Waals surface area contributed by atoms with Crippen LogP contribution in [-0.4, -0.2) is 46.3 Å². The summed E-state index contributed by atoms with van der Waals surface area (Å²) in [6.07, 6.45) is 4.00. The van der Waals surface area contributed by atoms with E-state index in [4.69, 9.17) is 5.73 Å². The number of primary amides is 1. The lowest BCUT2D eigenvalue weighted by atomic mass is 10.0. The molecule has 0 spiro atoms. The molecule has 0 unspecified atom stereocenters. The first-order chi connectivity index (χ1) is 13.1. The minimum absolute atomic E-state index is 0.358. The number of nitrogens with zero attached hydrogens (tertiary/aromatic N) is 8. The van der Waals surface area contributed by atoms with Crippen molar-refractivity contribution in [3.8, 4) is 22.8 Å². The highest BCUT2D eigenvalue weighted by molar-refractivity contribution is 5.95. The van der Waals surface area contributed by atoms with Crippen molar-refractivity contribution < 1.29 is 4.79 Å². The SMILES string of the molecule is CCCCn1nnc(-c2ccc(C(N)=O)cc2-c2nnn(CCCC)n2)n1. The second kappa shape index (κ2) is 8.47. The van der Waals surface area contributed by atoms with Crippen LogP contribution in [0, 0.1) is 0 Å². The standard InChI is InChI=1S/C17H23N9O/c1-3-5-9-25-21-16(19-23-25)13-8-7-12(15(18)27)11-14(13)17-20-24-26(22-17)10-6-4-2/h7-8,11H,3-6,9-10H2,1-2H3,(H2,18,27). The Bertz CT molecular complexity index is 915. The molecule has 3 aromatic rings. The Morgan fingerprint density at radius 1 is 0.926 bits per heavy atom. The summed E-state index contributed by atoms with van der Waals surface area (Å²) >= 11 is 0. The molecule has 2 N–H and O–H groups in total. The number of amides is 1. The average Bonchev–Trinajstić information content (AvgIpc) is 3.33. The molecule has 0 aliphatic heterocycles. The zero-order chi connectivity index (χ0) is 19.2. The van der Waals surface area contributed by atoms with E-state index in [1.165, 1.54) is 0 Å². The monoisotopic (exact) mass is 369 g/mol. The van der Waals surface area contributed by atoms with Crippen molar-refractivity contribution in [1.82, 2.24) is 40.4 Å². The minimum atomic E-state index is -0.527. The largest absolute Gasteiger partial charge is 0.366 e. The van der Waals surface area contributed by atoms with E-state index in [2.05, 4.69) is 44.7 Å². The highest BCUT2D eigenvalue weighted by Crippen LogP contribution is 2.28. The molecule has 3 rings (SSSR count). The van der Waals surface area contributed by atoms with Gasteiger partial charge in [-0.3, -0.25) is 4.79 Å². The van der Waals surface area contributed by atoms with Crippen LogP contribution in [0.1, 0.15) is 49.9 Å². The van der Waals surface area contributed by atoms with Gasteiger partial charge in [-0.25, -0.2) is 0 Å². The smallest absolute Gasteiger partial charge is 0.248 e. The van der Waals surface area contributed by atoms with Gasteiger partial charge in [0.15, 0.2) is 0 Å². The van der Waals surface area contributed by atoms with Gasteiger partial charge in [-0.15, -0.1) is 20.4 Å². The van der Waals surface area contributed by atoms with E-state index in [0.717, 1.165) is 25.7 Å². The van der Waals surface area contributed by atoms with Gasteiger partial charge in [0, 0.05) is 16.7 Å². The predicted octanol–water partition coefficient (Wildman–Crippen LogP) is 1.69. The third-order valence-corrected chi connectivity index (χ3v) is 4.11. The van der Waals surface area contributed by atoms with Crippen LogP contribution < -0.4 is 5.73 Å². The van der Waals surface area contributed by atoms with E-state index in [0.29, 0.717) is 41.4 Å². The quantitative estimate of drug-likeness (QED) is 0.607. The van der Waals surface area contributed by atoms with Crippen molar-refractivity contribution in [1.29, 1.82) is 0 Å². The van der Waals surface area contributed by atoms with E-state index in [1.807, 2.05) is 0 Å². The van der Waals surface area contributed by atoms with Crippen LogP contribution in [0.5, 0.6) is 0 Å². The Morgan fingerprint density at radius 3 is 2.00 bits per heavy atom. The van der Waals surface area contributed by atoms with E-state index in [1.54, 1.807) is 27.8 Å². The fourth-order valence-electron chi connectivity index (χ4n) is 2.57. The lowest BCUT2D eigenvalue weighted by molar-refractivity contribution is 0.100. The van der Waals surface area contributed by atoms with E-state index < -0.39 is 5.91 Å². The summed E-state index contributed by atoms with van der Waals surface area (Å²) in [4.78, 5) is 14.7. The van der Waals surface area contributed by atoms with Gasteiger partial charge in [0.25, 0.3) is 0 Å². The van der Waals surface area contributed by atoms with Crippen LogP contribution in [0.2, 0.25) is 0 Å². The van der Waals surface area contributed by atoms with Gasteiger partial charge in [0.05, 0.1) is 13.1 Å². The highest BCUT2D eigenvalue weighted by Gasteiger charge is 2.18. The predicted molar refractivity (Wildman–Crippen MR) is 98.4 cm³/mol. The molecule has 10 heteroatoms. The number of tetrazole rings is 2. The van der Waals surface area contributed by atoms with Gasteiger partial charge in [0.1, 0.15) is 0 Å². The maximum Gasteiger partial charge on any atom is 0.248 e. The van der Waals surface area contributed by atoms with Gasteiger partial charge in [-0.05, 0) is 41.5 Å². The number of nitrogens with two attached hydrogens (primary N) is 1. The third kappa shape index (κ3) is 4.33. The van der Waals surface area contributed by atoms with Crippen molar-refractivity contribution in [2.24, 2.45) is 5.73 Å². The van der Waals surface area contributed by atoms with E-state index >= 15 is 0 Å². The van der Waals surface area contributed by atoms with Gasteiger partial charge in [-0.2, -0.15) is 9.59 Å². The molecule has 1 aromatic carbocycles. The molecule has 1 amide bonds. The van der Waals surface area contributed by atoms with Gasteiger partial charge in [-0.1, -0.05) is 26.7 Å². The van der Waals surface area contributed by atoms with Crippen LogP contribution in [0.3, 0.4) is 0 Å². The molecule has 142 valence electrons. The molecule has 0 fully saturated rings. The number of carbonyl (C=O) groups excluding carboxylic acids is 1. The topological polar surface area (TPSA) is 130 Å². The van der Waals surface area contributed by atoms with Crippen LogP contribution in [0.15, 0.2) is 18.2 Å². The fourth-order valence-corrected chi connectivity index (χ4v) is 2.57. The summed E-state index contributed by atoms with van der Waals surface area (Å²) in [5, 5.41) is 25.3. The second-order valence-corrected chi connectivity index (χ2v) is 6.25. The number of rotatable bonds is 9. The Morgan fingerprint density at radius 2 is 1.48 bits per heavy atom. The number of unbranched alkanes of at least 4 members (excludes halogenated alkanes) is 2. The number of hydrogen-bond acceptors (Lipinski definition) is 7. The maximum atomic E-state index is 11.6. The van der Waals surface area contributed by atoms with Crippen molar-refractivity contribution in [3.63, 3.8) is 0 Å². The molecule has 0 bridgehead atoms. The van der Waals surface area contributed by atoms with Crippen molar-refractivity contribution in [2.45, 2.75) is 52.6 Å². The lowest BCUT2D eigenvalue weighted by Gasteiger charge is -2.05. The lowest BCUT2D eigenvalue weighted by Crippen LogP contribution is -2.11. The molecule has 0 aliphatic rings. The Labute approximate surface area is 156 Å². The number of aryl methyl sites for hydroxylation is 2. The summed E-state index contributed by atoms with van der Waals surface area (Å²) in [6.45, 7) is 5.58. The molecule has 27 heavy (non-hydrogen) atoms. The Balaban J connectivity index is 1.99. The van der Waals surface area contributed by atoms with Gasteiger partial charge < -0.3 is 5.73 Å².